The first-order valence-electron chi connectivity index (χ1n) is 6.14. The number of alkyl halides is 1. The van der Waals surface area contributed by atoms with E-state index in [1.165, 1.54) is 0 Å². The molecule has 0 bridgehead atoms. The van der Waals surface area contributed by atoms with Gasteiger partial charge in [-0.1, -0.05) is 19.1 Å². The molecule has 0 aliphatic carbocycles. The molecule has 0 radical (unpaired) electrons. The van der Waals surface area contributed by atoms with Gasteiger partial charge in [0, 0.05) is 18.8 Å². The van der Waals surface area contributed by atoms with Gasteiger partial charge < -0.3 is 9.72 Å². The van der Waals surface area contributed by atoms with Crippen LogP contribution in [0.1, 0.15) is 30.1 Å². The highest BCUT2D eigenvalue weighted by Crippen LogP contribution is 2.26. The first-order chi connectivity index (χ1) is 8.79. The number of nitrogens with one attached hydrogen (secondary N) is 1. The number of benzene rings is 1. The Bertz CT molecular complexity index is 470. The molecule has 1 aromatic heterocycles. The Labute approximate surface area is 112 Å². The highest BCUT2D eigenvalue weighted by molar-refractivity contribution is 6.20. The topological polar surface area (TPSA) is 37.9 Å². The zero-order valence-corrected chi connectivity index (χ0v) is 11.2. The lowest BCUT2D eigenvalue weighted by Gasteiger charge is -2.11. The number of rotatable bonds is 6. The van der Waals surface area contributed by atoms with Crippen molar-refractivity contribution in [2.45, 2.75) is 25.1 Å². The maximum absolute atomic E-state index is 6.39. The number of imidazole rings is 1. The van der Waals surface area contributed by atoms with E-state index < -0.39 is 0 Å². The summed E-state index contributed by atoms with van der Waals surface area (Å²) in [6, 6.07) is 7.93. The minimum Gasteiger partial charge on any atom is -0.494 e. The highest BCUT2D eigenvalue weighted by atomic mass is 35.5. The van der Waals surface area contributed by atoms with Gasteiger partial charge in [0.05, 0.1) is 12.0 Å². The molecule has 1 N–H and O–H groups in total. The molecule has 0 amide bonds. The van der Waals surface area contributed by atoms with Gasteiger partial charge in [0.25, 0.3) is 0 Å². The molecular weight excluding hydrogens is 248 g/mol. The summed E-state index contributed by atoms with van der Waals surface area (Å²) in [5, 5.41) is -0.0960. The number of nitrogens with zero attached hydrogens (tertiary/aromatic N) is 1. The monoisotopic (exact) mass is 264 g/mol. The van der Waals surface area contributed by atoms with E-state index in [1.54, 1.807) is 12.4 Å². The van der Waals surface area contributed by atoms with Gasteiger partial charge in [0.1, 0.15) is 11.6 Å². The fraction of sp³-hybridized carbons (Fsp3) is 0.357. The van der Waals surface area contributed by atoms with Gasteiger partial charge in [-0.25, -0.2) is 4.98 Å². The van der Waals surface area contributed by atoms with Crippen LogP contribution in [0.3, 0.4) is 0 Å². The molecule has 0 spiro atoms. The van der Waals surface area contributed by atoms with Crippen molar-refractivity contribution in [1.29, 1.82) is 0 Å². The SMILES string of the molecule is CCCOc1cccc(C(Cl)Cc2ncc[nH]2)c1. The van der Waals surface area contributed by atoms with Gasteiger partial charge in [-0.05, 0) is 24.1 Å². The number of halogens is 1. The van der Waals surface area contributed by atoms with Gasteiger partial charge >= 0.3 is 0 Å². The van der Waals surface area contributed by atoms with E-state index in [2.05, 4.69) is 16.9 Å². The van der Waals surface area contributed by atoms with E-state index in [9.17, 15) is 0 Å². The fourth-order valence-electron chi connectivity index (χ4n) is 1.72. The minimum atomic E-state index is -0.0960. The summed E-state index contributed by atoms with van der Waals surface area (Å²) in [5.41, 5.74) is 1.06. The van der Waals surface area contributed by atoms with Gasteiger partial charge in [0.2, 0.25) is 0 Å². The molecule has 0 saturated heterocycles. The Morgan fingerprint density at radius 3 is 3.06 bits per heavy atom. The second kappa shape index (κ2) is 6.45. The second-order valence-corrected chi connectivity index (χ2v) is 4.66. The third-order valence-electron chi connectivity index (χ3n) is 2.62. The molecule has 0 aliphatic rings. The molecule has 1 heterocycles. The Kier molecular flexibility index (Phi) is 4.65. The zero-order valence-electron chi connectivity index (χ0n) is 10.4. The van der Waals surface area contributed by atoms with Crippen LogP contribution in [0.25, 0.3) is 0 Å². The minimum absolute atomic E-state index is 0.0960. The molecule has 3 nitrogen and oxygen atoms in total. The Hall–Kier alpha value is -1.48. The summed E-state index contributed by atoms with van der Waals surface area (Å²) in [7, 11) is 0. The predicted molar refractivity (Wildman–Crippen MR) is 73.1 cm³/mol. The second-order valence-electron chi connectivity index (χ2n) is 4.13. The summed E-state index contributed by atoms with van der Waals surface area (Å²) in [4.78, 5) is 7.24. The lowest BCUT2D eigenvalue weighted by molar-refractivity contribution is 0.317. The van der Waals surface area contributed by atoms with Gasteiger partial charge in [-0.2, -0.15) is 0 Å². The Balaban J connectivity index is 2.03. The molecule has 0 fully saturated rings. The summed E-state index contributed by atoms with van der Waals surface area (Å²) in [6.07, 6.45) is 5.23. The third-order valence-corrected chi connectivity index (χ3v) is 3.03. The smallest absolute Gasteiger partial charge is 0.119 e. The van der Waals surface area contributed by atoms with Crippen LogP contribution in [0.5, 0.6) is 5.75 Å². The number of ether oxygens (including phenoxy) is 1. The van der Waals surface area contributed by atoms with Gasteiger partial charge in [0.15, 0.2) is 0 Å². The van der Waals surface area contributed by atoms with E-state index in [0.717, 1.165) is 30.2 Å². The molecule has 2 rings (SSSR count). The standard InChI is InChI=1S/C14H17ClN2O/c1-2-8-18-12-5-3-4-11(9-12)13(15)10-14-16-6-7-17-14/h3-7,9,13H,2,8,10H2,1H3,(H,16,17). The number of hydrogen-bond acceptors (Lipinski definition) is 2. The van der Waals surface area contributed by atoms with Crippen molar-refractivity contribution in [2.24, 2.45) is 0 Å². The van der Waals surface area contributed by atoms with Crippen LogP contribution in [-0.2, 0) is 6.42 Å². The number of H-pyrrole nitrogens is 1. The van der Waals surface area contributed by atoms with E-state index in [4.69, 9.17) is 16.3 Å². The van der Waals surface area contributed by atoms with Crippen molar-refractivity contribution in [1.82, 2.24) is 9.97 Å². The maximum Gasteiger partial charge on any atom is 0.119 e. The van der Waals surface area contributed by atoms with Crippen LogP contribution < -0.4 is 4.74 Å². The fourth-order valence-corrected chi connectivity index (χ4v) is 2.00. The quantitative estimate of drug-likeness (QED) is 0.808. The molecule has 96 valence electrons. The molecule has 1 atom stereocenters. The Morgan fingerprint density at radius 2 is 2.33 bits per heavy atom. The summed E-state index contributed by atoms with van der Waals surface area (Å²) in [6.45, 7) is 2.82. The van der Waals surface area contributed by atoms with Crippen molar-refractivity contribution < 1.29 is 4.74 Å². The largest absolute Gasteiger partial charge is 0.494 e. The number of aromatic nitrogens is 2. The lowest BCUT2D eigenvalue weighted by atomic mass is 10.1. The zero-order chi connectivity index (χ0) is 12.8. The predicted octanol–water partition coefficient (Wildman–Crippen LogP) is 3.72. The van der Waals surface area contributed by atoms with Crippen LogP contribution in [0.15, 0.2) is 36.7 Å². The summed E-state index contributed by atoms with van der Waals surface area (Å²) < 4.78 is 5.60. The average molecular weight is 265 g/mol. The summed E-state index contributed by atoms with van der Waals surface area (Å²) >= 11 is 6.39. The Morgan fingerprint density at radius 1 is 1.44 bits per heavy atom. The third kappa shape index (κ3) is 3.50. The van der Waals surface area contributed by atoms with Crippen LogP contribution in [-0.4, -0.2) is 16.6 Å². The van der Waals surface area contributed by atoms with Crippen LogP contribution in [0.4, 0.5) is 0 Å². The maximum atomic E-state index is 6.39. The molecule has 2 aromatic rings. The first kappa shape index (κ1) is 13.0. The molecule has 1 unspecified atom stereocenters. The molecule has 18 heavy (non-hydrogen) atoms. The van der Waals surface area contributed by atoms with Crippen molar-refractivity contribution >= 4 is 11.6 Å². The van der Waals surface area contributed by atoms with Gasteiger partial charge in [-0.15, -0.1) is 11.6 Å². The van der Waals surface area contributed by atoms with Crippen LogP contribution in [0.2, 0.25) is 0 Å². The van der Waals surface area contributed by atoms with Gasteiger partial charge in [-0.3, -0.25) is 0 Å². The highest BCUT2D eigenvalue weighted by Gasteiger charge is 2.11. The first-order valence-corrected chi connectivity index (χ1v) is 6.58. The van der Waals surface area contributed by atoms with Crippen molar-refractivity contribution in [3.63, 3.8) is 0 Å². The molecule has 4 heteroatoms. The molecule has 0 aliphatic heterocycles. The van der Waals surface area contributed by atoms with Crippen molar-refractivity contribution in [2.75, 3.05) is 6.61 Å². The van der Waals surface area contributed by atoms with Crippen LogP contribution >= 0.6 is 11.6 Å². The lowest BCUT2D eigenvalue weighted by Crippen LogP contribution is -1.99. The summed E-state index contributed by atoms with van der Waals surface area (Å²) in [5.74, 6) is 1.77. The normalized spacial score (nSPS) is 12.3. The van der Waals surface area contributed by atoms with E-state index >= 15 is 0 Å². The average Bonchev–Trinajstić information content (AvgIpc) is 2.89. The molecule has 0 saturated carbocycles. The van der Waals surface area contributed by atoms with Crippen molar-refractivity contribution in [3.05, 3.63) is 48.0 Å². The number of hydrogen-bond donors (Lipinski definition) is 1. The van der Waals surface area contributed by atoms with Crippen molar-refractivity contribution in [3.8, 4) is 5.75 Å². The number of aromatic amines is 1. The van der Waals surface area contributed by atoms with Crippen LogP contribution in [0, 0.1) is 0 Å². The van der Waals surface area contributed by atoms with E-state index in [0.29, 0.717) is 6.42 Å². The van der Waals surface area contributed by atoms with E-state index in [-0.39, 0.29) is 5.38 Å². The molecule has 1 aromatic carbocycles. The molecular formula is C14H17ClN2O. The van der Waals surface area contributed by atoms with E-state index in [1.807, 2.05) is 24.3 Å².